The minimum Gasteiger partial charge on any atom is -0.456 e. The molecule has 5 nitrogen and oxygen atoms in total. The number of hydrogen-bond acceptors (Lipinski definition) is 4. The summed E-state index contributed by atoms with van der Waals surface area (Å²) in [4.78, 5) is 10.9. The zero-order chi connectivity index (χ0) is 42.1. The number of benzene rings is 10. The van der Waals surface area contributed by atoms with Crippen molar-refractivity contribution < 1.29 is 4.42 Å². The van der Waals surface area contributed by atoms with Crippen molar-refractivity contribution in [2.24, 2.45) is 9.98 Å². The average Bonchev–Trinajstić information content (AvgIpc) is 3.91. The van der Waals surface area contributed by atoms with Crippen LogP contribution in [-0.4, -0.2) is 16.2 Å². The third-order valence-electron chi connectivity index (χ3n) is 12.8. The summed E-state index contributed by atoms with van der Waals surface area (Å²) in [5, 5.41) is 13.2. The summed E-state index contributed by atoms with van der Waals surface area (Å²) in [5.74, 6) is 1.38. The number of nitrogens with zero attached hydrogens (tertiary/aromatic N) is 3. The zero-order valence-electron chi connectivity index (χ0n) is 34.6. The second kappa shape index (κ2) is 14.5. The maximum atomic E-state index is 6.81. The van der Waals surface area contributed by atoms with Crippen LogP contribution in [0.3, 0.4) is 0 Å². The number of aromatic nitrogens is 1. The minimum atomic E-state index is -0.436. The Morgan fingerprint density at radius 2 is 1.06 bits per heavy atom. The number of amidine groups is 2. The van der Waals surface area contributed by atoms with E-state index in [1.807, 2.05) is 18.2 Å². The number of para-hydroxylation sites is 1. The van der Waals surface area contributed by atoms with Gasteiger partial charge >= 0.3 is 0 Å². The van der Waals surface area contributed by atoms with E-state index in [2.05, 4.69) is 210 Å². The van der Waals surface area contributed by atoms with Crippen LogP contribution in [0.15, 0.2) is 233 Å². The van der Waals surface area contributed by atoms with Crippen molar-refractivity contribution in [3.63, 3.8) is 0 Å². The van der Waals surface area contributed by atoms with E-state index in [1.54, 1.807) is 0 Å². The Balaban J connectivity index is 1.07. The predicted octanol–water partition coefficient (Wildman–Crippen LogP) is 14.8. The molecule has 1 N–H and O–H groups in total. The van der Waals surface area contributed by atoms with Crippen molar-refractivity contribution in [1.82, 2.24) is 9.88 Å². The second-order valence-electron chi connectivity index (χ2n) is 16.6. The van der Waals surface area contributed by atoms with Gasteiger partial charge < -0.3 is 14.3 Å². The number of aliphatic imine (C=N–C) groups is 2. The van der Waals surface area contributed by atoms with Crippen molar-refractivity contribution in [2.75, 3.05) is 0 Å². The lowest BCUT2D eigenvalue weighted by Crippen LogP contribution is -2.33. The molecular formula is C59H38N4O. The van der Waals surface area contributed by atoms with Crippen molar-refractivity contribution in [1.29, 1.82) is 0 Å². The SMILES string of the molecule is c1ccc(-c2cccc(C3=NC(c4cccc(-c5ccccc5)c4)NC(c4cc(-n5c6cc7ccccc7cc6c6c7ccccc7ccc65)cc5oc6ccccc6c45)=N3)c2)cc1. The van der Waals surface area contributed by atoms with Crippen molar-refractivity contribution in [3.05, 3.63) is 235 Å². The summed E-state index contributed by atoms with van der Waals surface area (Å²) in [7, 11) is 0. The number of rotatable bonds is 6. The van der Waals surface area contributed by atoms with Crippen molar-refractivity contribution in [3.8, 4) is 27.9 Å². The minimum absolute atomic E-state index is 0.436. The fraction of sp³-hybridized carbons (Fsp3) is 0.0169. The molecule has 0 saturated heterocycles. The van der Waals surface area contributed by atoms with Crippen LogP contribution < -0.4 is 5.32 Å². The lowest BCUT2D eigenvalue weighted by molar-refractivity contribution is 0.667. The molecule has 1 unspecified atom stereocenters. The summed E-state index contributed by atoms with van der Waals surface area (Å²) in [5.41, 5.74) is 12.3. The summed E-state index contributed by atoms with van der Waals surface area (Å²) in [6.07, 6.45) is -0.436. The molecule has 300 valence electrons. The summed E-state index contributed by atoms with van der Waals surface area (Å²) < 4.78 is 9.22. The van der Waals surface area contributed by atoms with Gasteiger partial charge in [0.2, 0.25) is 0 Å². The molecule has 0 bridgehead atoms. The standard InChI is InChI=1S/C59H38N4O/c1-3-15-37(16-4-1)40-22-13-24-44(31-40)57-60-58(45-25-14-23-41(32-45)38-17-5-2-6-18-38)62-59(61-57)50-35-46(36-54-56(50)48-27-11-12-28-53(48)64-54)63-51-30-29-39-19-9-10-26-47(39)55(51)49-33-42-20-7-8-21-43(42)34-52(49)63/h1-36,57H,(H,60,61,62). The van der Waals surface area contributed by atoms with E-state index < -0.39 is 6.17 Å². The van der Waals surface area contributed by atoms with E-state index in [4.69, 9.17) is 14.4 Å². The molecule has 2 aromatic heterocycles. The fourth-order valence-corrected chi connectivity index (χ4v) is 9.78. The van der Waals surface area contributed by atoms with E-state index in [0.29, 0.717) is 5.84 Å². The van der Waals surface area contributed by atoms with Crippen LogP contribution in [0.4, 0.5) is 0 Å². The van der Waals surface area contributed by atoms with Crippen LogP contribution in [0.5, 0.6) is 0 Å². The number of fused-ring (bicyclic) bond motifs is 9. The highest BCUT2D eigenvalue weighted by atomic mass is 16.3. The average molecular weight is 819 g/mol. The van der Waals surface area contributed by atoms with Crippen molar-refractivity contribution in [2.45, 2.75) is 6.17 Å². The van der Waals surface area contributed by atoms with E-state index in [9.17, 15) is 0 Å². The van der Waals surface area contributed by atoms with E-state index in [0.717, 1.165) is 83.4 Å². The normalized spacial score (nSPS) is 14.1. The molecule has 12 aromatic rings. The monoisotopic (exact) mass is 818 g/mol. The first kappa shape index (κ1) is 36.1. The first-order valence-corrected chi connectivity index (χ1v) is 21.8. The zero-order valence-corrected chi connectivity index (χ0v) is 34.6. The van der Waals surface area contributed by atoms with Crippen LogP contribution in [0, 0.1) is 0 Å². The highest BCUT2D eigenvalue weighted by molar-refractivity contribution is 6.25. The van der Waals surface area contributed by atoms with Crippen LogP contribution in [-0.2, 0) is 0 Å². The third-order valence-corrected chi connectivity index (χ3v) is 12.8. The molecule has 0 amide bonds. The Bertz CT molecular complexity index is 3880. The number of furan rings is 1. The van der Waals surface area contributed by atoms with Crippen molar-refractivity contribution >= 4 is 77.0 Å². The summed E-state index contributed by atoms with van der Waals surface area (Å²) in [6, 6.07) is 77.5. The Morgan fingerprint density at radius 3 is 1.86 bits per heavy atom. The second-order valence-corrected chi connectivity index (χ2v) is 16.6. The summed E-state index contributed by atoms with van der Waals surface area (Å²) in [6.45, 7) is 0. The molecule has 13 rings (SSSR count). The van der Waals surface area contributed by atoms with Gasteiger partial charge in [-0.1, -0.05) is 170 Å². The first-order chi connectivity index (χ1) is 31.7. The Kier molecular flexibility index (Phi) is 8.21. The molecule has 1 aliphatic heterocycles. The topological polar surface area (TPSA) is 54.8 Å². The van der Waals surface area contributed by atoms with E-state index in [1.165, 1.54) is 32.3 Å². The van der Waals surface area contributed by atoms with Gasteiger partial charge in [-0.05, 0) is 91.8 Å². The molecule has 0 spiro atoms. The maximum absolute atomic E-state index is 6.81. The maximum Gasteiger partial charge on any atom is 0.159 e. The summed E-state index contributed by atoms with van der Waals surface area (Å²) >= 11 is 0. The van der Waals surface area contributed by atoms with Gasteiger partial charge in [0.25, 0.3) is 0 Å². The van der Waals surface area contributed by atoms with Gasteiger partial charge in [0, 0.05) is 38.7 Å². The Hall–Kier alpha value is -8.54. The largest absolute Gasteiger partial charge is 0.456 e. The Morgan fingerprint density at radius 1 is 0.422 bits per heavy atom. The predicted molar refractivity (Wildman–Crippen MR) is 266 cm³/mol. The van der Waals surface area contributed by atoms with Gasteiger partial charge in [-0.2, -0.15) is 0 Å². The van der Waals surface area contributed by atoms with Crippen LogP contribution >= 0.6 is 0 Å². The lowest BCUT2D eigenvalue weighted by Gasteiger charge is -2.25. The molecule has 3 heterocycles. The Labute approximate surface area is 368 Å². The molecule has 0 aliphatic carbocycles. The molecule has 0 saturated carbocycles. The molecule has 1 aliphatic rings. The molecule has 0 fully saturated rings. The van der Waals surface area contributed by atoms with Crippen LogP contribution in [0.1, 0.15) is 22.9 Å². The van der Waals surface area contributed by atoms with Gasteiger partial charge in [-0.15, -0.1) is 0 Å². The van der Waals surface area contributed by atoms with Gasteiger partial charge in [0.1, 0.15) is 23.2 Å². The van der Waals surface area contributed by atoms with E-state index in [-0.39, 0.29) is 0 Å². The molecule has 5 heteroatoms. The van der Waals surface area contributed by atoms with Gasteiger partial charge in [-0.25, -0.2) is 9.98 Å². The number of hydrogen-bond donors (Lipinski definition) is 1. The highest BCUT2D eigenvalue weighted by Crippen LogP contribution is 2.42. The molecule has 64 heavy (non-hydrogen) atoms. The first-order valence-electron chi connectivity index (χ1n) is 21.8. The lowest BCUT2D eigenvalue weighted by atomic mass is 10.00. The van der Waals surface area contributed by atoms with E-state index >= 15 is 0 Å². The van der Waals surface area contributed by atoms with Crippen LogP contribution in [0.25, 0.3) is 93.2 Å². The third kappa shape index (κ3) is 5.93. The molecular weight excluding hydrogens is 781 g/mol. The van der Waals surface area contributed by atoms with Crippen LogP contribution in [0.2, 0.25) is 0 Å². The highest BCUT2D eigenvalue weighted by Gasteiger charge is 2.26. The molecule has 0 radical (unpaired) electrons. The smallest absolute Gasteiger partial charge is 0.159 e. The fourth-order valence-electron chi connectivity index (χ4n) is 9.78. The quantitative estimate of drug-likeness (QED) is 0.182. The molecule has 1 atom stereocenters. The van der Waals surface area contributed by atoms with Gasteiger partial charge in [0.15, 0.2) is 5.84 Å². The van der Waals surface area contributed by atoms with Gasteiger partial charge in [-0.3, -0.25) is 0 Å². The molecule has 10 aromatic carbocycles. The number of nitrogens with one attached hydrogen (secondary N) is 1. The van der Waals surface area contributed by atoms with Gasteiger partial charge in [0.05, 0.1) is 16.7 Å².